The summed E-state index contributed by atoms with van der Waals surface area (Å²) in [6.45, 7) is 8.38. The van der Waals surface area contributed by atoms with E-state index in [-0.39, 0.29) is 30.5 Å². The SMILES string of the molecule is C=C1CC[C@H]2[C@](C)(CCC[C@@]2(C)C(=O)O)[C@H]1CC/C(=C\CO)CO. The molecule has 136 valence electrons. The molecule has 0 aromatic carbocycles. The molecule has 0 aromatic heterocycles. The number of carbonyl (C=O) groups is 1. The van der Waals surface area contributed by atoms with Crippen molar-refractivity contribution >= 4 is 5.97 Å². The van der Waals surface area contributed by atoms with Gasteiger partial charge in [0.1, 0.15) is 0 Å². The van der Waals surface area contributed by atoms with Crippen LogP contribution in [0.5, 0.6) is 0 Å². The monoisotopic (exact) mass is 336 g/mol. The van der Waals surface area contributed by atoms with E-state index in [9.17, 15) is 15.0 Å². The average molecular weight is 336 g/mol. The third-order valence-electron chi connectivity index (χ3n) is 6.85. The van der Waals surface area contributed by atoms with Crippen molar-refractivity contribution in [2.45, 2.75) is 58.8 Å². The number of carboxylic acids is 1. The largest absolute Gasteiger partial charge is 0.481 e. The van der Waals surface area contributed by atoms with E-state index in [0.717, 1.165) is 50.5 Å². The van der Waals surface area contributed by atoms with Gasteiger partial charge in [-0.2, -0.15) is 0 Å². The predicted molar refractivity (Wildman–Crippen MR) is 94.5 cm³/mol. The summed E-state index contributed by atoms with van der Waals surface area (Å²) < 4.78 is 0. The Labute approximate surface area is 145 Å². The number of aliphatic hydroxyl groups is 2. The molecule has 2 saturated carbocycles. The van der Waals surface area contributed by atoms with Gasteiger partial charge in [0.15, 0.2) is 0 Å². The Morgan fingerprint density at radius 1 is 1.33 bits per heavy atom. The summed E-state index contributed by atoms with van der Waals surface area (Å²) in [6, 6.07) is 0. The number of hydrogen-bond acceptors (Lipinski definition) is 3. The summed E-state index contributed by atoms with van der Waals surface area (Å²) in [6.07, 6.45) is 7.82. The molecule has 4 atom stereocenters. The van der Waals surface area contributed by atoms with Crippen molar-refractivity contribution in [2.24, 2.45) is 22.7 Å². The van der Waals surface area contributed by atoms with E-state index < -0.39 is 11.4 Å². The van der Waals surface area contributed by atoms with Crippen LogP contribution in [0.2, 0.25) is 0 Å². The van der Waals surface area contributed by atoms with Gasteiger partial charge in [-0.05, 0) is 68.3 Å². The Morgan fingerprint density at radius 2 is 2.04 bits per heavy atom. The maximum absolute atomic E-state index is 12.0. The Morgan fingerprint density at radius 3 is 2.62 bits per heavy atom. The molecule has 0 heterocycles. The van der Waals surface area contributed by atoms with E-state index >= 15 is 0 Å². The van der Waals surface area contributed by atoms with Crippen LogP contribution in [-0.2, 0) is 4.79 Å². The van der Waals surface area contributed by atoms with Gasteiger partial charge in [-0.25, -0.2) is 0 Å². The van der Waals surface area contributed by atoms with Gasteiger partial charge >= 0.3 is 5.97 Å². The van der Waals surface area contributed by atoms with Crippen LogP contribution in [0.15, 0.2) is 23.8 Å². The zero-order valence-corrected chi connectivity index (χ0v) is 15.1. The molecule has 4 heteroatoms. The fourth-order valence-electron chi connectivity index (χ4n) is 5.44. The molecular weight excluding hydrogens is 304 g/mol. The third-order valence-corrected chi connectivity index (χ3v) is 6.85. The van der Waals surface area contributed by atoms with Crippen LogP contribution in [-0.4, -0.2) is 34.5 Å². The minimum absolute atomic E-state index is 0.0350. The molecular formula is C20H32O4. The minimum Gasteiger partial charge on any atom is -0.481 e. The third kappa shape index (κ3) is 3.31. The lowest BCUT2D eigenvalue weighted by Crippen LogP contribution is -2.53. The second kappa shape index (κ2) is 7.40. The molecule has 0 bridgehead atoms. The summed E-state index contributed by atoms with van der Waals surface area (Å²) in [5.74, 6) is -0.212. The topological polar surface area (TPSA) is 77.8 Å². The molecule has 0 spiro atoms. The first-order valence-corrected chi connectivity index (χ1v) is 9.10. The van der Waals surface area contributed by atoms with Gasteiger partial charge in [0.2, 0.25) is 0 Å². The summed E-state index contributed by atoms with van der Waals surface area (Å²) in [5, 5.41) is 28.3. The second-order valence-corrected chi connectivity index (χ2v) is 8.13. The number of allylic oxidation sites excluding steroid dienone is 1. The highest BCUT2D eigenvalue weighted by atomic mass is 16.4. The van der Waals surface area contributed by atoms with Crippen molar-refractivity contribution in [1.82, 2.24) is 0 Å². The van der Waals surface area contributed by atoms with Crippen LogP contribution >= 0.6 is 0 Å². The van der Waals surface area contributed by atoms with Gasteiger partial charge in [0, 0.05) is 0 Å². The summed E-state index contributed by atoms with van der Waals surface area (Å²) in [7, 11) is 0. The van der Waals surface area contributed by atoms with Crippen LogP contribution in [0, 0.1) is 22.7 Å². The van der Waals surface area contributed by atoms with Crippen molar-refractivity contribution in [1.29, 1.82) is 0 Å². The normalized spacial score (nSPS) is 37.2. The number of carboxylic acid groups (broad SMARTS) is 1. The van der Waals surface area contributed by atoms with Crippen LogP contribution in [0.25, 0.3) is 0 Å². The molecule has 0 amide bonds. The van der Waals surface area contributed by atoms with Gasteiger partial charge < -0.3 is 15.3 Å². The quantitative estimate of drug-likeness (QED) is 0.648. The van der Waals surface area contributed by atoms with Crippen LogP contribution < -0.4 is 0 Å². The van der Waals surface area contributed by atoms with E-state index in [0.29, 0.717) is 0 Å². The molecule has 2 rings (SSSR count). The van der Waals surface area contributed by atoms with Crippen molar-refractivity contribution in [2.75, 3.05) is 13.2 Å². The molecule has 3 N–H and O–H groups in total. The molecule has 4 nitrogen and oxygen atoms in total. The van der Waals surface area contributed by atoms with Crippen molar-refractivity contribution in [3.63, 3.8) is 0 Å². The molecule has 0 aromatic rings. The van der Waals surface area contributed by atoms with E-state index in [4.69, 9.17) is 5.11 Å². The Hall–Kier alpha value is -1.13. The van der Waals surface area contributed by atoms with Crippen molar-refractivity contribution in [3.8, 4) is 0 Å². The second-order valence-electron chi connectivity index (χ2n) is 8.13. The lowest BCUT2D eigenvalue weighted by molar-refractivity contribution is -0.164. The molecule has 0 unspecified atom stereocenters. The van der Waals surface area contributed by atoms with E-state index in [1.54, 1.807) is 6.08 Å². The van der Waals surface area contributed by atoms with Crippen LogP contribution in [0.1, 0.15) is 58.8 Å². The van der Waals surface area contributed by atoms with Crippen molar-refractivity contribution < 1.29 is 20.1 Å². The number of rotatable bonds is 6. The number of aliphatic hydroxyl groups excluding tert-OH is 2. The fraction of sp³-hybridized carbons (Fsp3) is 0.750. The fourth-order valence-corrected chi connectivity index (χ4v) is 5.44. The number of aliphatic carboxylic acids is 1. The summed E-state index contributed by atoms with van der Waals surface area (Å²) >= 11 is 0. The van der Waals surface area contributed by atoms with Crippen LogP contribution in [0.3, 0.4) is 0 Å². The standard InChI is InChI=1S/C20H32O4/c1-14-5-8-17-19(2,10-4-11-20(17,3)18(23)24)16(14)7-6-15(13-22)9-12-21/h9,16-17,21-22H,1,4-8,10-13H2,2-3H3,(H,23,24)/b15-9+/t16-,17-,19+,20+/m0/s1. The molecule has 0 aliphatic heterocycles. The molecule has 24 heavy (non-hydrogen) atoms. The zero-order chi connectivity index (χ0) is 18.0. The molecule has 2 aliphatic carbocycles. The lowest BCUT2D eigenvalue weighted by Gasteiger charge is -2.57. The maximum atomic E-state index is 12.0. The lowest BCUT2D eigenvalue weighted by atomic mass is 9.46. The van der Waals surface area contributed by atoms with E-state index in [1.165, 1.54) is 5.57 Å². The first-order valence-electron chi connectivity index (χ1n) is 9.10. The van der Waals surface area contributed by atoms with Gasteiger partial charge in [0.05, 0.1) is 18.6 Å². The highest BCUT2D eigenvalue weighted by Gasteiger charge is 2.57. The average Bonchev–Trinajstić information content (AvgIpc) is 2.52. The molecule has 2 fully saturated rings. The van der Waals surface area contributed by atoms with Gasteiger partial charge in [-0.15, -0.1) is 0 Å². The van der Waals surface area contributed by atoms with Gasteiger partial charge in [-0.3, -0.25) is 4.79 Å². The zero-order valence-electron chi connectivity index (χ0n) is 15.1. The van der Waals surface area contributed by atoms with E-state index in [2.05, 4.69) is 13.5 Å². The maximum Gasteiger partial charge on any atom is 0.309 e. The minimum atomic E-state index is -0.666. The smallest absolute Gasteiger partial charge is 0.309 e. The Bertz CT molecular complexity index is 524. The highest BCUT2D eigenvalue weighted by molar-refractivity contribution is 5.75. The molecule has 2 aliphatic rings. The number of hydrogen-bond donors (Lipinski definition) is 3. The number of fused-ring (bicyclic) bond motifs is 1. The summed E-state index contributed by atoms with van der Waals surface area (Å²) in [5.41, 5.74) is 1.39. The van der Waals surface area contributed by atoms with Gasteiger partial charge in [0.25, 0.3) is 0 Å². The predicted octanol–water partition coefficient (Wildman–Crippen LogP) is 3.54. The first kappa shape index (κ1) is 19.2. The Balaban J connectivity index is 2.25. The van der Waals surface area contributed by atoms with Gasteiger partial charge in [-0.1, -0.05) is 31.6 Å². The van der Waals surface area contributed by atoms with Crippen molar-refractivity contribution in [3.05, 3.63) is 23.8 Å². The molecule has 0 saturated heterocycles. The molecule has 0 radical (unpaired) electrons. The van der Waals surface area contributed by atoms with E-state index in [1.807, 2.05) is 6.92 Å². The van der Waals surface area contributed by atoms with Crippen LogP contribution in [0.4, 0.5) is 0 Å². The summed E-state index contributed by atoms with van der Waals surface area (Å²) in [4.78, 5) is 12.0. The highest BCUT2D eigenvalue weighted by Crippen LogP contribution is 2.62. The Kier molecular flexibility index (Phi) is 5.92. The first-order chi connectivity index (χ1) is 11.3.